The minimum absolute atomic E-state index is 0.00493. The average Bonchev–Trinajstić information content (AvgIpc) is 2.82. The van der Waals surface area contributed by atoms with E-state index in [9.17, 15) is 4.79 Å². The van der Waals surface area contributed by atoms with Crippen LogP contribution in [0.4, 0.5) is 5.69 Å². The molecule has 0 bridgehead atoms. The third-order valence-electron chi connectivity index (χ3n) is 3.65. The maximum atomic E-state index is 11.7. The van der Waals surface area contributed by atoms with Crippen molar-refractivity contribution in [1.29, 1.82) is 0 Å². The lowest BCUT2D eigenvalue weighted by molar-refractivity contribution is 0.354. The van der Waals surface area contributed by atoms with Crippen LogP contribution in [-0.4, -0.2) is 33.9 Å². The third-order valence-corrected chi connectivity index (χ3v) is 3.65. The first kappa shape index (κ1) is 17.8. The lowest BCUT2D eigenvalue weighted by atomic mass is 10.1. The second-order valence-corrected chi connectivity index (χ2v) is 5.30. The number of benzene rings is 1. The van der Waals surface area contributed by atoms with Crippen LogP contribution in [0, 0.1) is 0 Å². The van der Waals surface area contributed by atoms with Gasteiger partial charge < -0.3 is 20.1 Å². The Kier molecular flexibility index (Phi) is 7.11. The number of hydrogen-bond donors (Lipinski definition) is 2. The molecule has 0 spiro atoms. The molecule has 5 nitrogen and oxygen atoms in total. The topological polar surface area (TPSA) is 59.6 Å². The van der Waals surface area contributed by atoms with E-state index in [1.807, 2.05) is 30.3 Å². The number of hydrogen-bond acceptors (Lipinski definition) is 5. The summed E-state index contributed by atoms with van der Waals surface area (Å²) in [4.78, 5) is 11.7. The largest absolute Gasteiger partial charge is 0.493 e. The molecular weight excluding hydrogens is 304 g/mol. The molecule has 0 fully saturated rings. The summed E-state index contributed by atoms with van der Waals surface area (Å²) < 4.78 is 10.5. The van der Waals surface area contributed by atoms with Gasteiger partial charge in [-0.05, 0) is 42.8 Å². The summed E-state index contributed by atoms with van der Waals surface area (Å²) in [5, 5.41) is 6.51. The zero-order valence-corrected chi connectivity index (χ0v) is 14.2. The van der Waals surface area contributed by atoms with Crippen molar-refractivity contribution in [1.82, 2.24) is 5.32 Å². The zero-order valence-electron chi connectivity index (χ0n) is 14.2. The van der Waals surface area contributed by atoms with E-state index >= 15 is 0 Å². The SMILES string of the molecule is COc1ccc(CCNCCNc2cccccc2=O)cc1OC. The molecule has 2 aromatic rings. The number of ether oxygens (including phenoxy) is 2. The Morgan fingerprint density at radius 3 is 2.46 bits per heavy atom. The molecule has 5 heteroatoms. The molecule has 0 saturated heterocycles. The fraction of sp³-hybridized carbons (Fsp3) is 0.316. The Balaban J connectivity index is 1.72. The molecule has 0 aliphatic rings. The number of anilines is 1. The quantitative estimate of drug-likeness (QED) is 0.692. The van der Waals surface area contributed by atoms with Crippen LogP contribution in [-0.2, 0) is 6.42 Å². The van der Waals surface area contributed by atoms with Crippen molar-refractivity contribution in [2.75, 3.05) is 39.2 Å². The molecular formula is C19H24N2O3. The van der Waals surface area contributed by atoms with Gasteiger partial charge in [0.2, 0.25) is 5.43 Å². The van der Waals surface area contributed by atoms with Gasteiger partial charge >= 0.3 is 0 Å². The van der Waals surface area contributed by atoms with Crippen molar-refractivity contribution < 1.29 is 9.47 Å². The Morgan fingerprint density at radius 2 is 1.67 bits per heavy atom. The van der Waals surface area contributed by atoms with Crippen molar-refractivity contribution in [3.8, 4) is 11.5 Å². The monoisotopic (exact) mass is 328 g/mol. The van der Waals surface area contributed by atoms with Crippen molar-refractivity contribution in [2.24, 2.45) is 0 Å². The first-order valence-corrected chi connectivity index (χ1v) is 7.99. The summed E-state index contributed by atoms with van der Waals surface area (Å²) in [5.74, 6) is 1.49. The second-order valence-electron chi connectivity index (χ2n) is 5.30. The molecule has 0 aromatic heterocycles. The Morgan fingerprint density at radius 1 is 0.875 bits per heavy atom. The van der Waals surface area contributed by atoms with Crippen molar-refractivity contribution in [2.45, 2.75) is 6.42 Å². The maximum absolute atomic E-state index is 11.7. The average molecular weight is 328 g/mol. The van der Waals surface area contributed by atoms with E-state index in [1.165, 1.54) is 5.56 Å². The molecule has 0 amide bonds. The van der Waals surface area contributed by atoms with Crippen LogP contribution in [0.3, 0.4) is 0 Å². The molecule has 0 unspecified atom stereocenters. The number of methoxy groups -OCH3 is 2. The van der Waals surface area contributed by atoms with Crippen molar-refractivity contribution >= 4 is 5.69 Å². The summed E-state index contributed by atoms with van der Waals surface area (Å²) in [6.45, 7) is 2.33. The van der Waals surface area contributed by atoms with E-state index in [2.05, 4.69) is 10.6 Å². The highest BCUT2D eigenvalue weighted by Gasteiger charge is 2.04. The molecule has 0 atom stereocenters. The summed E-state index contributed by atoms with van der Waals surface area (Å²) in [5.41, 5.74) is 1.82. The fourth-order valence-electron chi connectivity index (χ4n) is 2.36. The van der Waals surface area contributed by atoms with E-state index in [0.29, 0.717) is 12.2 Å². The minimum atomic E-state index is 0.00493. The molecule has 2 aromatic carbocycles. The molecule has 0 aliphatic carbocycles. The van der Waals surface area contributed by atoms with Gasteiger partial charge in [-0.2, -0.15) is 0 Å². The molecule has 0 saturated carbocycles. The number of nitrogens with one attached hydrogen (secondary N) is 2. The maximum Gasteiger partial charge on any atom is 0.201 e. The van der Waals surface area contributed by atoms with Gasteiger partial charge in [-0.25, -0.2) is 0 Å². The molecule has 2 rings (SSSR count). The Hall–Kier alpha value is -2.53. The van der Waals surface area contributed by atoms with Crippen LogP contribution in [0.1, 0.15) is 5.56 Å². The molecule has 0 radical (unpaired) electrons. The molecule has 0 aliphatic heterocycles. The van der Waals surface area contributed by atoms with Crippen LogP contribution in [0.25, 0.3) is 0 Å². The van der Waals surface area contributed by atoms with Crippen LogP contribution >= 0.6 is 0 Å². The standard InChI is InChI=1S/C19H24N2O3/c1-23-18-9-8-15(14-19(18)24-2)10-11-20-12-13-21-16-6-4-3-5-7-17(16)22/h3-9,14,20H,10-13H2,1-2H3,(H,21,22). The van der Waals surface area contributed by atoms with Crippen molar-refractivity contribution in [3.05, 3.63) is 64.3 Å². The lowest BCUT2D eigenvalue weighted by Gasteiger charge is -2.10. The third kappa shape index (κ3) is 5.28. The molecule has 0 heterocycles. The lowest BCUT2D eigenvalue weighted by Crippen LogP contribution is -2.25. The van der Waals surface area contributed by atoms with Crippen LogP contribution in [0.15, 0.2) is 53.3 Å². The van der Waals surface area contributed by atoms with Crippen LogP contribution in [0.2, 0.25) is 0 Å². The first-order valence-electron chi connectivity index (χ1n) is 7.99. The van der Waals surface area contributed by atoms with Gasteiger partial charge in [0.1, 0.15) is 0 Å². The van der Waals surface area contributed by atoms with Gasteiger partial charge in [-0.1, -0.05) is 24.3 Å². The van der Waals surface area contributed by atoms with Gasteiger partial charge in [0.05, 0.1) is 19.9 Å². The highest BCUT2D eigenvalue weighted by Crippen LogP contribution is 2.27. The zero-order chi connectivity index (χ0) is 17.2. The van der Waals surface area contributed by atoms with E-state index in [1.54, 1.807) is 32.4 Å². The smallest absolute Gasteiger partial charge is 0.201 e. The normalized spacial score (nSPS) is 10.2. The Labute approximate surface area is 142 Å². The second kappa shape index (κ2) is 9.57. The highest BCUT2D eigenvalue weighted by molar-refractivity contribution is 5.43. The fourth-order valence-corrected chi connectivity index (χ4v) is 2.36. The minimum Gasteiger partial charge on any atom is -0.493 e. The van der Waals surface area contributed by atoms with E-state index in [0.717, 1.165) is 31.0 Å². The van der Waals surface area contributed by atoms with Crippen LogP contribution in [0.5, 0.6) is 11.5 Å². The van der Waals surface area contributed by atoms with E-state index < -0.39 is 0 Å². The molecule has 128 valence electrons. The van der Waals surface area contributed by atoms with Gasteiger partial charge in [0.15, 0.2) is 11.5 Å². The summed E-state index contributed by atoms with van der Waals surface area (Å²) in [6, 6.07) is 14.7. The summed E-state index contributed by atoms with van der Waals surface area (Å²) in [7, 11) is 3.27. The summed E-state index contributed by atoms with van der Waals surface area (Å²) >= 11 is 0. The van der Waals surface area contributed by atoms with Gasteiger partial charge in [-0.3, -0.25) is 4.79 Å². The van der Waals surface area contributed by atoms with Gasteiger partial charge in [-0.15, -0.1) is 0 Å². The summed E-state index contributed by atoms with van der Waals surface area (Å²) in [6.07, 6.45) is 0.896. The molecule has 24 heavy (non-hydrogen) atoms. The highest BCUT2D eigenvalue weighted by atomic mass is 16.5. The predicted molar refractivity (Wildman–Crippen MR) is 97.3 cm³/mol. The predicted octanol–water partition coefficient (Wildman–Crippen LogP) is 2.31. The van der Waals surface area contributed by atoms with E-state index in [4.69, 9.17) is 9.47 Å². The van der Waals surface area contributed by atoms with Gasteiger partial charge in [0.25, 0.3) is 0 Å². The van der Waals surface area contributed by atoms with Crippen LogP contribution < -0.4 is 25.5 Å². The molecule has 2 N–H and O–H groups in total. The first-order chi connectivity index (χ1) is 11.7. The number of rotatable bonds is 9. The van der Waals surface area contributed by atoms with Crippen molar-refractivity contribution in [3.63, 3.8) is 0 Å². The van der Waals surface area contributed by atoms with Gasteiger partial charge in [0, 0.05) is 13.1 Å². The Bertz CT molecular complexity index is 704. The van der Waals surface area contributed by atoms with E-state index in [-0.39, 0.29) is 5.43 Å².